The summed E-state index contributed by atoms with van der Waals surface area (Å²) in [6, 6.07) is 8.82. The van der Waals surface area contributed by atoms with E-state index in [0.29, 0.717) is 19.3 Å². The Balaban J connectivity index is 2.01. The molecule has 2 rings (SSSR count). The fourth-order valence-electron chi connectivity index (χ4n) is 2.23. The normalized spacial score (nSPS) is 22.4. The van der Waals surface area contributed by atoms with Gasteiger partial charge >= 0.3 is 0 Å². The fraction of sp³-hybridized carbons (Fsp3) is 0.571. The second kappa shape index (κ2) is 6.15. The first kappa shape index (κ1) is 12.6. The predicted molar refractivity (Wildman–Crippen MR) is 68.3 cm³/mol. The van der Waals surface area contributed by atoms with Gasteiger partial charge in [-0.25, -0.2) is 0 Å². The third-order valence-electron chi connectivity index (χ3n) is 3.36. The highest BCUT2D eigenvalue weighted by atomic mass is 16.6. The molecule has 3 nitrogen and oxygen atoms in total. The summed E-state index contributed by atoms with van der Waals surface area (Å²) in [5.41, 5.74) is 2.71. The molecule has 1 heterocycles. The number of likely N-dealkylation sites (N-methyl/N-ethyl adjacent to an activating group) is 1. The Bertz CT molecular complexity index is 348. The van der Waals surface area contributed by atoms with Crippen LogP contribution < -0.4 is 5.32 Å². The maximum atomic E-state index is 5.76. The van der Waals surface area contributed by atoms with Crippen molar-refractivity contribution >= 4 is 0 Å². The summed E-state index contributed by atoms with van der Waals surface area (Å²) in [7, 11) is 1.99. The topological polar surface area (TPSA) is 30.5 Å². The first-order valence-electron chi connectivity index (χ1n) is 6.22. The molecule has 0 radical (unpaired) electrons. The van der Waals surface area contributed by atoms with Crippen LogP contribution in [0.5, 0.6) is 0 Å². The predicted octanol–water partition coefficient (Wildman–Crippen LogP) is 1.54. The molecular weight excluding hydrogens is 214 g/mol. The van der Waals surface area contributed by atoms with Crippen LogP contribution in [-0.4, -0.2) is 39.0 Å². The minimum Gasteiger partial charge on any atom is -0.376 e. The lowest BCUT2D eigenvalue weighted by Gasteiger charge is -2.30. The SMILES string of the molecule is CNC(Cc1ccccc1C)C1COCCO1. The van der Waals surface area contributed by atoms with Gasteiger partial charge < -0.3 is 14.8 Å². The summed E-state index contributed by atoms with van der Waals surface area (Å²) in [5.74, 6) is 0. The summed E-state index contributed by atoms with van der Waals surface area (Å²) >= 11 is 0. The summed E-state index contributed by atoms with van der Waals surface area (Å²) in [6.45, 7) is 4.27. The van der Waals surface area contributed by atoms with Crippen LogP contribution in [0.3, 0.4) is 0 Å². The average Bonchev–Trinajstić information content (AvgIpc) is 2.39. The molecule has 1 saturated heterocycles. The molecule has 2 atom stereocenters. The third kappa shape index (κ3) is 3.28. The quantitative estimate of drug-likeness (QED) is 0.858. The standard InChI is InChI=1S/C14H21NO2/c1-11-5-3-4-6-12(11)9-13(15-2)14-10-16-7-8-17-14/h3-6,13-15H,7-10H2,1-2H3. The molecule has 2 unspecified atom stereocenters. The van der Waals surface area contributed by atoms with Gasteiger partial charge in [0.1, 0.15) is 0 Å². The Morgan fingerprint density at radius 2 is 2.18 bits per heavy atom. The van der Waals surface area contributed by atoms with E-state index in [2.05, 4.69) is 36.5 Å². The van der Waals surface area contributed by atoms with Crippen molar-refractivity contribution < 1.29 is 9.47 Å². The number of nitrogens with one attached hydrogen (secondary N) is 1. The molecule has 3 heteroatoms. The number of hydrogen-bond acceptors (Lipinski definition) is 3. The van der Waals surface area contributed by atoms with Gasteiger partial charge in [0.2, 0.25) is 0 Å². The molecule has 1 N–H and O–H groups in total. The molecule has 1 fully saturated rings. The third-order valence-corrected chi connectivity index (χ3v) is 3.36. The van der Waals surface area contributed by atoms with Gasteiger partial charge in [-0.2, -0.15) is 0 Å². The summed E-state index contributed by atoms with van der Waals surface area (Å²) in [5, 5.41) is 3.34. The largest absolute Gasteiger partial charge is 0.376 e. The number of benzene rings is 1. The second-order valence-electron chi connectivity index (χ2n) is 4.51. The highest BCUT2D eigenvalue weighted by Crippen LogP contribution is 2.14. The molecule has 1 aromatic carbocycles. The lowest BCUT2D eigenvalue weighted by atomic mass is 9.98. The fourth-order valence-corrected chi connectivity index (χ4v) is 2.23. The van der Waals surface area contributed by atoms with Gasteiger partial charge in [0.15, 0.2) is 0 Å². The molecule has 0 amide bonds. The molecule has 1 aliphatic rings. The van der Waals surface area contributed by atoms with Crippen molar-refractivity contribution in [2.45, 2.75) is 25.5 Å². The van der Waals surface area contributed by atoms with Crippen molar-refractivity contribution in [1.82, 2.24) is 5.32 Å². The van der Waals surface area contributed by atoms with Crippen LogP contribution in [0.1, 0.15) is 11.1 Å². The van der Waals surface area contributed by atoms with Gasteiger partial charge in [0.05, 0.1) is 25.9 Å². The van der Waals surface area contributed by atoms with Crippen LogP contribution in [-0.2, 0) is 15.9 Å². The van der Waals surface area contributed by atoms with Crippen LogP contribution in [0.2, 0.25) is 0 Å². The van der Waals surface area contributed by atoms with Gasteiger partial charge in [-0.15, -0.1) is 0 Å². The molecule has 0 bridgehead atoms. The van der Waals surface area contributed by atoms with Gasteiger partial charge in [0, 0.05) is 6.04 Å². The molecule has 17 heavy (non-hydrogen) atoms. The van der Waals surface area contributed by atoms with Crippen molar-refractivity contribution in [1.29, 1.82) is 0 Å². The molecule has 0 aliphatic carbocycles. The molecule has 0 saturated carbocycles. The molecule has 1 aromatic rings. The number of rotatable bonds is 4. The zero-order valence-corrected chi connectivity index (χ0v) is 10.6. The molecular formula is C14H21NO2. The smallest absolute Gasteiger partial charge is 0.0965 e. The lowest BCUT2D eigenvalue weighted by Crippen LogP contribution is -2.46. The van der Waals surface area contributed by atoms with Gasteiger partial charge in [0.25, 0.3) is 0 Å². The van der Waals surface area contributed by atoms with Crippen LogP contribution in [0.4, 0.5) is 0 Å². The van der Waals surface area contributed by atoms with Crippen molar-refractivity contribution in [2.75, 3.05) is 26.9 Å². The summed E-state index contributed by atoms with van der Waals surface area (Å²) in [6.07, 6.45) is 1.14. The maximum absolute atomic E-state index is 5.76. The number of hydrogen-bond donors (Lipinski definition) is 1. The van der Waals surface area contributed by atoms with E-state index >= 15 is 0 Å². The highest BCUT2D eigenvalue weighted by molar-refractivity contribution is 5.26. The average molecular weight is 235 g/mol. The van der Waals surface area contributed by atoms with Gasteiger partial charge in [-0.05, 0) is 31.5 Å². The minimum atomic E-state index is 0.161. The Hall–Kier alpha value is -0.900. The Morgan fingerprint density at radius 1 is 1.35 bits per heavy atom. The molecule has 0 aromatic heterocycles. The van der Waals surface area contributed by atoms with E-state index in [9.17, 15) is 0 Å². The van der Waals surface area contributed by atoms with Crippen molar-refractivity contribution in [3.8, 4) is 0 Å². The Labute approximate surface area is 103 Å². The number of ether oxygens (including phenoxy) is 2. The molecule has 0 spiro atoms. The highest BCUT2D eigenvalue weighted by Gasteiger charge is 2.24. The van der Waals surface area contributed by atoms with E-state index in [1.165, 1.54) is 11.1 Å². The first-order valence-corrected chi connectivity index (χ1v) is 6.22. The van der Waals surface area contributed by atoms with Crippen molar-refractivity contribution in [3.05, 3.63) is 35.4 Å². The van der Waals surface area contributed by atoms with Crippen LogP contribution in [0, 0.1) is 6.92 Å². The van der Waals surface area contributed by atoms with Crippen LogP contribution in [0.25, 0.3) is 0 Å². The van der Waals surface area contributed by atoms with Gasteiger partial charge in [-0.1, -0.05) is 24.3 Å². The van der Waals surface area contributed by atoms with E-state index in [1.807, 2.05) is 7.05 Å². The molecule has 1 aliphatic heterocycles. The van der Waals surface area contributed by atoms with Crippen LogP contribution in [0.15, 0.2) is 24.3 Å². The molecule has 94 valence electrons. The zero-order valence-electron chi connectivity index (χ0n) is 10.6. The zero-order chi connectivity index (χ0) is 12.1. The Kier molecular flexibility index (Phi) is 4.54. The summed E-state index contributed by atoms with van der Waals surface area (Å²) in [4.78, 5) is 0. The second-order valence-corrected chi connectivity index (χ2v) is 4.51. The van der Waals surface area contributed by atoms with E-state index in [1.54, 1.807) is 0 Å². The Morgan fingerprint density at radius 3 is 2.82 bits per heavy atom. The van der Waals surface area contributed by atoms with Gasteiger partial charge in [-0.3, -0.25) is 0 Å². The van der Waals surface area contributed by atoms with Crippen LogP contribution >= 0.6 is 0 Å². The lowest BCUT2D eigenvalue weighted by molar-refractivity contribution is -0.100. The van der Waals surface area contributed by atoms with E-state index in [0.717, 1.165) is 13.0 Å². The monoisotopic (exact) mass is 235 g/mol. The van der Waals surface area contributed by atoms with E-state index < -0.39 is 0 Å². The van der Waals surface area contributed by atoms with Crippen molar-refractivity contribution in [3.63, 3.8) is 0 Å². The minimum absolute atomic E-state index is 0.161. The van der Waals surface area contributed by atoms with Crippen molar-refractivity contribution in [2.24, 2.45) is 0 Å². The van der Waals surface area contributed by atoms with E-state index in [4.69, 9.17) is 9.47 Å². The summed E-state index contributed by atoms with van der Waals surface area (Å²) < 4.78 is 11.2. The first-order chi connectivity index (χ1) is 8.31. The number of aryl methyl sites for hydroxylation is 1. The maximum Gasteiger partial charge on any atom is 0.0965 e. The van der Waals surface area contributed by atoms with E-state index in [-0.39, 0.29) is 6.10 Å².